The number of aromatic nitrogens is 3. The second-order valence-electron chi connectivity index (χ2n) is 7.90. The second kappa shape index (κ2) is 8.96. The van der Waals surface area contributed by atoms with E-state index >= 15 is 0 Å². The molecule has 172 valence electrons. The molecule has 0 saturated carbocycles. The lowest BCUT2D eigenvalue weighted by Gasteiger charge is -2.28. The van der Waals surface area contributed by atoms with Gasteiger partial charge in [0.1, 0.15) is 11.8 Å². The van der Waals surface area contributed by atoms with E-state index in [0.29, 0.717) is 39.5 Å². The van der Waals surface area contributed by atoms with Crippen LogP contribution in [0.4, 0.5) is 11.6 Å². The Balaban J connectivity index is 1.60. The number of allylic oxidation sites excluding steroid dienone is 1. The average Bonchev–Trinajstić information content (AvgIpc) is 3.44. The van der Waals surface area contributed by atoms with Gasteiger partial charge in [-0.15, -0.1) is 16.4 Å². The average molecular weight is 492 g/mol. The second-order valence-corrected chi connectivity index (χ2v) is 9.29. The summed E-state index contributed by atoms with van der Waals surface area (Å²) in [5.41, 5.74) is 3.75. The number of ether oxygens (including phenoxy) is 1. The fraction of sp³-hybridized carbons (Fsp3) is 0.160. The maximum absolute atomic E-state index is 13.7. The fourth-order valence-electron chi connectivity index (χ4n) is 4.04. The number of carbonyl (C=O) groups excluding carboxylic acids is 1. The van der Waals surface area contributed by atoms with Crippen LogP contribution >= 0.6 is 22.9 Å². The monoisotopic (exact) mass is 491 g/mol. The molecule has 0 fully saturated rings. The van der Waals surface area contributed by atoms with Gasteiger partial charge >= 0.3 is 0 Å². The molecular formula is C25H22ClN5O2S. The highest BCUT2D eigenvalue weighted by Crippen LogP contribution is 2.40. The minimum absolute atomic E-state index is 0.238. The van der Waals surface area contributed by atoms with Crippen molar-refractivity contribution in [1.29, 1.82) is 0 Å². The summed E-state index contributed by atoms with van der Waals surface area (Å²) in [4.78, 5) is 19.4. The molecule has 2 aromatic heterocycles. The molecular weight excluding hydrogens is 470 g/mol. The summed E-state index contributed by atoms with van der Waals surface area (Å²) < 4.78 is 7.19. The molecule has 0 spiro atoms. The lowest BCUT2D eigenvalue weighted by atomic mass is 9.98. The Labute approximate surface area is 206 Å². The van der Waals surface area contributed by atoms with Gasteiger partial charge in [0.15, 0.2) is 5.82 Å². The van der Waals surface area contributed by atoms with Crippen LogP contribution in [0.1, 0.15) is 23.4 Å². The molecule has 1 aliphatic rings. The SMILES string of the molecule is COc1ccccc1NC(=O)C1=C(C)Nc2nc(-c3cccc(Cl)c3)nn2C1c1sccc1C. The largest absolute Gasteiger partial charge is 0.495 e. The van der Waals surface area contributed by atoms with Gasteiger partial charge in [0.2, 0.25) is 5.95 Å². The van der Waals surface area contributed by atoms with Gasteiger partial charge in [-0.25, -0.2) is 4.68 Å². The molecule has 1 atom stereocenters. The molecule has 1 aliphatic heterocycles. The molecule has 1 unspecified atom stereocenters. The number of anilines is 2. The van der Waals surface area contributed by atoms with Crippen molar-refractivity contribution in [3.05, 3.63) is 86.7 Å². The molecule has 2 N–H and O–H groups in total. The van der Waals surface area contributed by atoms with E-state index in [1.54, 1.807) is 23.1 Å². The number of thiophene rings is 1. The summed E-state index contributed by atoms with van der Waals surface area (Å²) >= 11 is 7.78. The van der Waals surface area contributed by atoms with E-state index in [0.717, 1.165) is 16.0 Å². The van der Waals surface area contributed by atoms with E-state index in [1.807, 2.05) is 73.8 Å². The third-order valence-corrected chi connectivity index (χ3v) is 6.99. The zero-order chi connectivity index (χ0) is 23.8. The first-order valence-corrected chi connectivity index (χ1v) is 11.9. The maximum Gasteiger partial charge on any atom is 0.256 e. The summed E-state index contributed by atoms with van der Waals surface area (Å²) in [6.45, 7) is 3.91. The molecule has 34 heavy (non-hydrogen) atoms. The number of para-hydroxylation sites is 2. The standard InChI is InChI=1S/C25H22ClN5O2S/c1-14-11-12-34-22(14)21-20(24(32)28-18-9-4-5-10-19(18)33-3)15(2)27-25-29-23(30-31(21)25)16-7-6-8-17(26)13-16/h4-13,21H,1-3H3,(H,28,32)(H,27,29,30). The fourth-order valence-corrected chi connectivity index (χ4v) is 5.25. The molecule has 0 aliphatic carbocycles. The van der Waals surface area contributed by atoms with Crippen LogP contribution in [0.2, 0.25) is 5.02 Å². The lowest BCUT2D eigenvalue weighted by molar-refractivity contribution is -0.113. The first-order valence-electron chi connectivity index (χ1n) is 10.6. The molecule has 9 heteroatoms. The highest BCUT2D eigenvalue weighted by Gasteiger charge is 2.36. The number of aryl methyl sites for hydroxylation is 1. The predicted molar refractivity (Wildman–Crippen MR) is 136 cm³/mol. The van der Waals surface area contributed by atoms with Gasteiger partial charge in [0.25, 0.3) is 5.91 Å². The van der Waals surface area contributed by atoms with Crippen LogP contribution in [0.5, 0.6) is 5.75 Å². The number of hydrogen-bond donors (Lipinski definition) is 2. The van der Waals surface area contributed by atoms with Gasteiger partial charge in [-0.1, -0.05) is 35.9 Å². The van der Waals surface area contributed by atoms with E-state index in [2.05, 4.69) is 10.6 Å². The Morgan fingerprint density at radius 1 is 1.18 bits per heavy atom. The quantitative estimate of drug-likeness (QED) is 0.363. The minimum Gasteiger partial charge on any atom is -0.495 e. The van der Waals surface area contributed by atoms with Crippen LogP contribution in [-0.2, 0) is 4.79 Å². The van der Waals surface area contributed by atoms with Crippen molar-refractivity contribution in [2.75, 3.05) is 17.7 Å². The van der Waals surface area contributed by atoms with Crippen molar-refractivity contribution in [1.82, 2.24) is 14.8 Å². The molecule has 5 rings (SSSR count). The number of nitrogens with zero attached hydrogens (tertiary/aromatic N) is 3. The van der Waals surface area contributed by atoms with Gasteiger partial charge < -0.3 is 15.4 Å². The van der Waals surface area contributed by atoms with Crippen molar-refractivity contribution >= 4 is 40.5 Å². The summed E-state index contributed by atoms with van der Waals surface area (Å²) in [5, 5.41) is 13.7. The van der Waals surface area contributed by atoms with Gasteiger partial charge in [-0.3, -0.25) is 4.79 Å². The first-order chi connectivity index (χ1) is 16.5. The van der Waals surface area contributed by atoms with E-state index in [1.165, 1.54) is 0 Å². The zero-order valence-corrected chi connectivity index (χ0v) is 20.4. The number of nitrogens with one attached hydrogen (secondary N) is 2. The van der Waals surface area contributed by atoms with Crippen molar-refractivity contribution in [2.45, 2.75) is 19.9 Å². The molecule has 7 nitrogen and oxygen atoms in total. The molecule has 0 radical (unpaired) electrons. The Morgan fingerprint density at radius 2 is 2.00 bits per heavy atom. The van der Waals surface area contributed by atoms with Gasteiger partial charge in [0.05, 0.1) is 18.4 Å². The number of rotatable bonds is 5. The normalized spacial score (nSPS) is 15.0. The smallest absolute Gasteiger partial charge is 0.256 e. The van der Waals surface area contributed by atoms with Crippen molar-refractivity contribution in [3.8, 4) is 17.1 Å². The lowest BCUT2D eigenvalue weighted by Crippen LogP contribution is -2.31. The van der Waals surface area contributed by atoms with Crippen molar-refractivity contribution < 1.29 is 9.53 Å². The van der Waals surface area contributed by atoms with Gasteiger partial charge in [-0.05, 0) is 55.1 Å². The maximum atomic E-state index is 13.7. The highest BCUT2D eigenvalue weighted by atomic mass is 35.5. The van der Waals surface area contributed by atoms with E-state index < -0.39 is 6.04 Å². The summed E-state index contributed by atoms with van der Waals surface area (Å²) in [6, 6.07) is 16.3. The topological polar surface area (TPSA) is 81.1 Å². The van der Waals surface area contributed by atoms with Crippen LogP contribution in [0.3, 0.4) is 0 Å². The number of benzene rings is 2. The van der Waals surface area contributed by atoms with Crippen molar-refractivity contribution in [3.63, 3.8) is 0 Å². The van der Waals surface area contributed by atoms with Gasteiger partial charge in [0, 0.05) is 21.2 Å². The number of halogens is 1. The summed E-state index contributed by atoms with van der Waals surface area (Å²) in [6.07, 6.45) is 0. The van der Waals surface area contributed by atoms with E-state index in [9.17, 15) is 4.79 Å². The first kappa shape index (κ1) is 22.2. The summed E-state index contributed by atoms with van der Waals surface area (Å²) in [5.74, 6) is 1.45. The van der Waals surface area contributed by atoms with E-state index in [4.69, 9.17) is 26.4 Å². The molecule has 1 amide bonds. The van der Waals surface area contributed by atoms with Crippen LogP contribution in [0.25, 0.3) is 11.4 Å². The molecule has 2 aromatic carbocycles. The number of hydrogen-bond acceptors (Lipinski definition) is 6. The van der Waals surface area contributed by atoms with Crippen LogP contribution in [-0.4, -0.2) is 27.8 Å². The third-order valence-electron chi connectivity index (χ3n) is 5.69. The zero-order valence-electron chi connectivity index (χ0n) is 18.8. The minimum atomic E-state index is -0.439. The highest BCUT2D eigenvalue weighted by molar-refractivity contribution is 7.10. The van der Waals surface area contributed by atoms with E-state index in [-0.39, 0.29) is 5.91 Å². The molecule has 3 heterocycles. The summed E-state index contributed by atoms with van der Waals surface area (Å²) in [7, 11) is 1.58. The number of methoxy groups -OCH3 is 1. The molecule has 4 aromatic rings. The molecule has 0 bridgehead atoms. The van der Waals surface area contributed by atoms with Crippen molar-refractivity contribution in [2.24, 2.45) is 0 Å². The Kier molecular flexibility index (Phi) is 5.85. The molecule has 0 saturated heterocycles. The van der Waals surface area contributed by atoms with Gasteiger partial charge in [-0.2, -0.15) is 4.98 Å². The van der Waals surface area contributed by atoms with Crippen LogP contribution < -0.4 is 15.4 Å². The van der Waals surface area contributed by atoms with Crippen LogP contribution in [0, 0.1) is 6.92 Å². The third kappa shape index (κ3) is 3.95. The number of amides is 1. The van der Waals surface area contributed by atoms with Crippen LogP contribution in [0.15, 0.2) is 71.2 Å². The Bertz CT molecular complexity index is 1420. The Hall–Kier alpha value is -3.62. The number of fused-ring (bicyclic) bond motifs is 1. The Morgan fingerprint density at radius 3 is 2.74 bits per heavy atom. The predicted octanol–water partition coefficient (Wildman–Crippen LogP) is 5.90. The number of carbonyl (C=O) groups is 1.